The van der Waals surface area contributed by atoms with Crippen LogP contribution in [0.1, 0.15) is 30.5 Å². The first-order valence-electron chi connectivity index (χ1n) is 14.9. The summed E-state index contributed by atoms with van der Waals surface area (Å²) in [6.07, 6.45) is 4.89. The van der Waals surface area contributed by atoms with Crippen molar-refractivity contribution in [1.29, 1.82) is 0 Å². The Morgan fingerprint density at radius 3 is 2.22 bits per heavy atom. The third-order valence-electron chi connectivity index (χ3n) is 7.61. The monoisotopic (exact) mass is 769 g/mol. The Morgan fingerprint density at radius 1 is 0.756 bits per heavy atom. The second kappa shape index (κ2) is 14.1. The summed E-state index contributed by atoms with van der Waals surface area (Å²) >= 11 is 0. The minimum atomic E-state index is -0.299. The summed E-state index contributed by atoms with van der Waals surface area (Å²) in [5.74, 6) is 0.371. The van der Waals surface area contributed by atoms with E-state index in [0.717, 1.165) is 50.8 Å². The fraction of sp³-hybridized carbons (Fsp3) is 0.150. The number of aromatic nitrogens is 2. The van der Waals surface area contributed by atoms with Crippen molar-refractivity contribution >= 4 is 21.9 Å². The third kappa shape index (κ3) is 6.96. The Hall–Kier alpha value is -4.44. The van der Waals surface area contributed by atoms with Gasteiger partial charge in [-0.05, 0) is 66.4 Å². The van der Waals surface area contributed by atoms with E-state index in [1.807, 2.05) is 92.1 Å². The van der Waals surface area contributed by atoms with Crippen molar-refractivity contribution in [3.05, 3.63) is 144 Å². The van der Waals surface area contributed by atoms with Crippen LogP contribution in [0.4, 0.5) is 4.39 Å². The van der Waals surface area contributed by atoms with Gasteiger partial charge in [-0.1, -0.05) is 78.9 Å². The fourth-order valence-corrected chi connectivity index (χ4v) is 5.39. The number of rotatable bonds is 5. The summed E-state index contributed by atoms with van der Waals surface area (Å²) in [5.41, 5.74) is 9.89. The zero-order valence-corrected chi connectivity index (χ0v) is 28.1. The maximum absolute atomic E-state index is 14.7. The molecular weight excluding hydrogens is 736 g/mol. The van der Waals surface area contributed by atoms with Crippen molar-refractivity contribution in [3.63, 3.8) is 0 Å². The van der Waals surface area contributed by atoms with Crippen LogP contribution in [0.5, 0.6) is 0 Å². The SMILES string of the molecule is Cc1ccc(-c2[c-]ccc3c2oc2c(-c4ccccc4)c(F)ccc23)nc1.Cc1cnc(-c2[c-]cccc2)cc1CC(C)C.[Ir]. The molecular formula is C40H33FIrN2O-2. The minimum absolute atomic E-state index is 0. The molecule has 0 unspecified atom stereocenters. The summed E-state index contributed by atoms with van der Waals surface area (Å²) in [4.78, 5) is 8.99. The Balaban J connectivity index is 0.000000193. The van der Waals surface area contributed by atoms with Gasteiger partial charge in [0.2, 0.25) is 0 Å². The van der Waals surface area contributed by atoms with Gasteiger partial charge >= 0.3 is 0 Å². The molecule has 0 N–H and O–H groups in total. The Kier molecular flexibility index (Phi) is 10.0. The Bertz CT molecular complexity index is 2040. The van der Waals surface area contributed by atoms with Crippen molar-refractivity contribution in [1.82, 2.24) is 9.97 Å². The standard InChI is InChI=1S/C24H15FNO.C16H18N.Ir/c1-15-10-13-21(26-14-15)19-9-5-8-17-18-11-12-20(25)22(24(18)27-23(17)19)16-6-3-2-4-7-16;1-12(2)9-15-10-16(17-11-13(15)3)14-7-5-4-6-8-14;/h2-8,10-14H,1H3;4-7,10-12H,9H2,1-3H3;/q2*-1;. The van der Waals surface area contributed by atoms with Crippen LogP contribution in [0.2, 0.25) is 0 Å². The van der Waals surface area contributed by atoms with Crippen LogP contribution in [-0.2, 0) is 26.5 Å². The summed E-state index contributed by atoms with van der Waals surface area (Å²) in [6.45, 7) is 8.61. The minimum Gasteiger partial charge on any atom is -0.500 e. The van der Waals surface area contributed by atoms with Gasteiger partial charge in [0.15, 0.2) is 0 Å². The van der Waals surface area contributed by atoms with E-state index in [-0.39, 0.29) is 25.9 Å². The second-order valence-corrected chi connectivity index (χ2v) is 11.5. The van der Waals surface area contributed by atoms with Crippen LogP contribution in [-0.4, -0.2) is 9.97 Å². The summed E-state index contributed by atoms with van der Waals surface area (Å²) < 4.78 is 20.9. The molecule has 0 atom stereocenters. The average Bonchev–Trinajstić information content (AvgIpc) is 3.42. The number of furan rings is 1. The molecule has 0 fully saturated rings. The van der Waals surface area contributed by atoms with Crippen LogP contribution in [0.25, 0.3) is 55.6 Å². The van der Waals surface area contributed by atoms with E-state index in [4.69, 9.17) is 4.42 Å². The van der Waals surface area contributed by atoms with Crippen molar-refractivity contribution in [2.24, 2.45) is 5.92 Å². The van der Waals surface area contributed by atoms with E-state index in [9.17, 15) is 4.39 Å². The summed E-state index contributed by atoms with van der Waals surface area (Å²) in [7, 11) is 0. The van der Waals surface area contributed by atoms with Crippen molar-refractivity contribution in [2.75, 3.05) is 0 Å². The molecule has 4 aromatic carbocycles. The molecule has 5 heteroatoms. The predicted molar refractivity (Wildman–Crippen MR) is 178 cm³/mol. The number of halogens is 1. The first-order chi connectivity index (χ1) is 21.4. The van der Waals surface area contributed by atoms with E-state index in [1.54, 1.807) is 6.07 Å². The maximum Gasteiger partial charge on any atom is 0.134 e. The van der Waals surface area contributed by atoms with Crippen LogP contribution in [0.15, 0.2) is 114 Å². The number of fused-ring (bicyclic) bond motifs is 3. The molecule has 3 aromatic heterocycles. The normalized spacial score (nSPS) is 10.9. The van der Waals surface area contributed by atoms with Crippen LogP contribution in [0, 0.1) is 37.7 Å². The van der Waals surface area contributed by atoms with E-state index >= 15 is 0 Å². The van der Waals surface area contributed by atoms with Gasteiger partial charge in [-0.15, -0.1) is 54.1 Å². The molecule has 0 spiro atoms. The zero-order chi connectivity index (χ0) is 30.6. The van der Waals surface area contributed by atoms with Crippen LogP contribution >= 0.6 is 0 Å². The first kappa shape index (κ1) is 32.0. The smallest absolute Gasteiger partial charge is 0.134 e. The van der Waals surface area contributed by atoms with Gasteiger partial charge < -0.3 is 14.4 Å². The number of benzene rings is 4. The molecule has 0 aliphatic carbocycles. The molecule has 0 saturated heterocycles. The van der Waals surface area contributed by atoms with Gasteiger partial charge in [0.05, 0.1) is 11.1 Å². The van der Waals surface area contributed by atoms with E-state index in [2.05, 4.69) is 55.0 Å². The first-order valence-corrected chi connectivity index (χ1v) is 14.9. The topological polar surface area (TPSA) is 38.9 Å². The molecule has 227 valence electrons. The van der Waals surface area contributed by atoms with Gasteiger partial charge in [0.25, 0.3) is 0 Å². The Morgan fingerprint density at radius 2 is 1.51 bits per heavy atom. The van der Waals surface area contributed by atoms with Crippen molar-refractivity contribution in [2.45, 2.75) is 34.1 Å². The third-order valence-corrected chi connectivity index (χ3v) is 7.61. The molecule has 3 nitrogen and oxygen atoms in total. The van der Waals surface area contributed by atoms with Crippen molar-refractivity contribution < 1.29 is 28.9 Å². The largest absolute Gasteiger partial charge is 0.500 e. The fourth-order valence-electron chi connectivity index (χ4n) is 5.39. The summed E-state index contributed by atoms with van der Waals surface area (Å²) in [6, 6.07) is 37.2. The van der Waals surface area contributed by atoms with Gasteiger partial charge in [-0.3, -0.25) is 0 Å². The number of nitrogens with zero attached hydrogens (tertiary/aromatic N) is 2. The maximum atomic E-state index is 14.7. The molecule has 1 radical (unpaired) electrons. The van der Waals surface area contributed by atoms with E-state index in [0.29, 0.717) is 22.6 Å². The second-order valence-electron chi connectivity index (χ2n) is 11.5. The van der Waals surface area contributed by atoms with Gasteiger partial charge in [0, 0.05) is 37.9 Å². The molecule has 0 amide bonds. The molecule has 7 aromatic rings. The number of pyridine rings is 2. The molecule has 0 bridgehead atoms. The van der Waals surface area contributed by atoms with Gasteiger partial charge in [-0.2, -0.15) is 0 Å². The van der Waals surface area contributed by atoms with Crippen LogP contribution < -0.4 is 0 Å². The molecule has 45 heavy (non-hydrogen) atoms. The van der Waals surface area contributed by atoms with Crippen LogP contribution in [0.3, 0.4) is 0 Å². The number of hydrogen-bond donors (Lipinski definition) is 0. The summed E-state index contributed by atoms with van der Waals surface area (Å²) in [5, 5.41) is 1.81. The van der Waals surface area contributed by atoms with Gasteiger partial charge in [0.1, 0.15) is 11.4 Å². The molecule has 0 saturated carbocycles. The quantitative estimate of drug-likeness (QED) is 0.164. The molecule has 0 aliphatic heterocycles. The molecule has 0 aliphatic rings. The Labute approximate surface area is 277 Å². The number of aryl methyl sites for hydroxylation is 2. The van der Waals surface area contributed by atoms with E-state index in [1.165, 1.54) is 17.2 Å². The molecule has 3 heterocycles. The predicted octanol–water partition coefficient (Wildman–Crippen LogP) is 10.6. The van der Waals surface area contributed by atoms with E-state index < -0.39 is 0 Å². The average molecular weight is 769 g/mol. The molecule has 7 rings (SSSR count). The van der Waals surface area contributed by atoms with Gasteiger partial charge in [-0.25, -0.2) is 4.39 Å². The zero-order valence-electron chi connectivity index (χ0n) is 25.7. The van der Waals surface area contributed by atoms with Crippen molar-refractivity contribution in [3.8, 4) is 33.6 Å². The number of hydrogen-bond acceptors (Lipinski definition) is 3.